The Bertz CT molecular complexity index is 254. The third-order valence-electron chi connectivity index (χ3n) is 2.86. The zero-order valence-electron chi connectivity index (χ0n) is 9.02. The van der Waals surface area contributed by atoms with Gasteiger partial charge in [0, 0.05) is 12.3 Å². The molecule has 1 fully saturated rings. The second-order valence-corrected chi connectivity index (χ2v) is 5.11. The second-order valence-electron chi connectivity index (χ2n) is 3.85. The molecule has 4 heteroatoms. The van der Waals surface area contributed by atoms with E-state index in [0.717, 1.165) is 12.8 Å². The van der Waals surface area contributed by atoms with Crippen molar-refractivity contribution in [1.82, 2.24) is 0 Å². The summed E-state index contributed by atoms with van der Waals surface area (Å²) in [5, 5.41) is 0. The summed E-state index contributed by atoms with van der Waals surface area (Å²) >= 11 is 0. The Kier molecular flexibility index (Phi) is 3.92. The van der Waals surface area contributed by atoms with E-state index in [1.165, 1.54) is 0 Å². The van der Waals surface area contributed by atoms with Crippen LogP contribution in [0.15, 0.2) is 24.8 Å². The fourth-order valence-corrected chi connectivity index (χ4v) is 3.32. The lowest BCUT2D eigenvalue weighted by Crippen LogP contribution is -2.30. The van der Waals surface area contributed by atoms with Gasteiger partial charge in [-0.2, -0.15) is 13.6 Å². The van der Waals surface area contributed by atoms with Crippen molar-refractivity contribution in [3.05, 3.63) is 24.8 Å². The highest BCUT2D eigenvalue weighted by Gasteiger charge is 2.40. The van der Waals surface area contributed by atoms with Crippen molar-refractivity contribution < 1.29 is 13.6 Å². The maximum Gasteiger partial charge on any atom is 0.399 e. The Morgan fingerprint density at radius 3 is 3.20 bits per heavy atom. The van der Waals surface area contributed by atoms with Gasteiger partial charge < -0.3 is 0 Å². The molecular weight excluding hydrogens is 211 g/mol. The average molecular weight is 229 g/mol. The van der Waals surface area contributed by atoms with Crippen LogP contribution >= 0.6 is 8.60 Å². The van der Waals surface area contributed by atoms with Gasteiger partial charge in [-0.1, -0.05) is 25.2 Å². The van der Waals surface area contributed by atoms with Crippen molar-refractivity contribution in [3.8, 4) is 0 Å². The van der Waals surface area contributed by atoms with Crippen molar-refractivity contribution in [2.45, 2.75) is 32.0 Å². The van der Waals surface area contributed by atoms with Crippen molar-refractivity contribution in [2.24, 2.45) is 5.92 Å². The lowest BCUT2D eigenvalue weighted by atomic mass is 9.95. The molecule has 2 heterocycles. The minimum Gasteiger partial charge on any atom is -0.176 e. The normalized spacial score (nSPS) is 37.0. The number of fused-ring (bicyclic) bond motifs is 2. The molecule has 0 aliphatic carbocycles. The zero-order chi connectivity index (χ0) is 10.7. The van der Waals surface area contributed by atoms with Gasteiger partial charge in [-0.05, 0) is 6.42 Å². The van der Waals surface area contributed by atoms with Crippen LogP contribution in [0.5, 0.6) is 0 Å². The van der Waals surface area contributed by atoms with Gasteiger partial charge in [0.25, 0.3) is 0 Å². The minimum absolute atomic E-state index is 0.175. The van der Waals surface area contributed by atoms with Gasteiger partial charge >= 0.3 is 8.60 Å². The monoisotopic (exact) mass is 229 g/mol. The van der Waals surface area contributed by atoms with Crippen LogP contribution in [0.2, 0.25) is 0 Å². The topological polar surface area (TPSA) is 27.7 Å². The number of hydrogen-bond acceptors (Lipinski definition) is 3. The van der Waals surface area contributed by atoms with E-state index in [9.17, 15) is 0 Å². The molecule has 2 rings (SSSR count). The highest BCUT2D eigenvalue weighted by Crippen LogP contribution is 2.50. The minimum atomic E-state index is -1.51. The van der Waals surface area contributed by atoms with Crippen molar-refractivity contribution in [3.63, 3.8) is 0 Å². The highest BCUT2D eigenvalue weighted by molar-refractivity contribution is 7.41. The third kappa shape index (κ3) is 2.67. The fourth-order valence-electron chi connectivity index (χ4n) is 1.95. The molecule has 0 aromatic heterocycles. The van der Waals surface area contributed by atoms with E-state index in [-0.39, 0.29) is 12.2 Å². The SMILES string of the molecule is C=CC(CC)[C@H]1C[C@@H]2C=CCO[PH+](O2)O1. The van der Waals surface area contributed by atoms with Crippen molar-refractivity contribution in [1.29, 1.82) is 0 Å². The van der Waals surface area contributed by atoms with Crippen LogP contribution in [-0.4, -0.2) is 18.8 Å². The largest absolute Gasteiger partial charge is 0.399 e. The quantitative estimate of drug-likeness (QED) is 0.550. The molecule has 0 aromatic carbocycles. The summed E-state index contributed by atoms with van der Waals surface area (Å²) in [6, 6.07) is 0. The summed E-state index contributed by atoms with van der Waals surface area (Å²) in [6.45, 7) is 6.63. The van der Waals surface area contributed by atoms with Crippen LogP contribution in [0.3, 0.4) is 0 Å². The fraction of sp³-hybridized carbons (Fsp3) is 0.636. The first-order valence-corrected chi connectivity index (χ1v) is 6.68. The van der Waals surface area contributed by atoms with Gasteiger partial charge in [0.05, 0.1) is 0 Å². The average Bonchev–Trinajstić information content (AvgIpc) is 2.41. The zero-order valence-corrected chi connectivity index (χ0v) is 10.0. The number of hydrogen-bond donors (Lipinski definition) is 0. The lowest BCUT2D eigenvalue weighted by Gasteiger charge is -2.28. The summed E-state index contributed by atoms with van der Waals surface area (Å²) in [4.78, 5) is 0. The van der Waals surface area contributed by atoms with Crippen LogP contribution in [0.4, 0.5) is 0 Å². The first-order valence-electron chi connectivity index (χ1n) is 5.45. The number of rotatable bonds is 3. The Morgan fingerprint density at radius 2 is 2.47 bits per heavy atom. The highest BCUT2D eigenvalue weighted by atomic mass is 31.2. The van der Waals surface area contributed by atoms with Gasteiger partial charge in [-0.25, -0.2) is 0 Å². The van der Waals surface area contributed by atoms with Crippen molar-refractivity contribution in [2.75, 3.05) is 6.61 Å². The molecule has 2 aliphatic rings. The van der Waals surface area contributed by atoms with E-state index in [2.05, 4.69) is 19.6 Å². The molecule has 15 heavy (non-hydrogen) atoms. The molecule has 1 saturated heterocycles. The van der Waals surface area contributed by atoms with Crippen molar-refractivity contribution >= 4 is 8.60 Å². The molecule has 3 nitrogen and oxygen atoms in total. The summed E-state index contributed by atoms with van der Waals surface area (Å²) in [6.07, 6.45) is 8.44. The smallest absolute Gasteiger partial charge is 0.176 e. The van der Waals surface area contributed by atoms with Crippen LogP contribution < -0.4 is 0 Å². The molecule has 84 valence electrons. The van der Waals surface area contributed by atoms with E-state index in [4.69, 9.17) is 13.6 Å². The van der Waals surface area contributed by atoms with E-state index in [1.807, 2.05) is 12.2 Å². The Labute approximate surface area is 92.1 Å². The van der Waals surface area contributed by atoms with E-state index in [1.54, 1.807) is 0 Å². The van der Waals surface area contributed by atoms with Crippen LogP contribution in [0.1, 0.15) is 19.8 Å². The molecule has 0 aromatic rings. The molecule has 0 saturated carbocycles. The molecular formula is C11H18O3P+. The molecule has 0 radical (unpaired) electrons. The standard InChI is InChI=1S/C11H18O3P/c1-3-9(4-2)11-8-10-6-5-7-12-15(13-10)14-11/h3,5-6,9-11,15H,1,4,7-8H2,2H3/q+1/t9?,10-,11+/m0/s1. The van der Waals surface area contributed by atoms with E-state index < -0.39 is 8.60 Å². The van der Waals surface area contributed by atoms with Gasteiger partial charge in [-0.3, -0.25) is 0 Å². The predicted octanol–water partition coefficient (Wildman–Crippen LogP) is 2.92. The predicted molar refractivity (Wildman–Crippen MR) is 61.7 cm³/mol. The molecule has 2 bridgehead atoms. The molecule has 2 unspecified atom stereocenters. The summed E-state index contributed by atoms with van der Waals surface area (Å²) in [5.74, 6) is 0.409. The first-order chi connectivity index (χ1) is 7.33. The van der Waals surface area contributed by atoms with Gasteiger partial charge in [0.15, 0.2) is 0 Å². The molecule has 0 spiro atoms. The summed E-state index contributed by atoms with van der Waals surface area (Å²) in [7, 11) is -1.51. The maximum atomic E-state index is 5.83. The van der Waals surface area contributed by atoms with Crippen LogP contribution in [-0.2, 0) is 13.6 Å². The molecule has 0 amide bonds. The van der Waals surface area contributed by atoms with E-state index >= 15 is 0 Å². The van der Waals surface area contributed by atoms with Gasteiger partial charge in [0.2, 0.25) is 0 Å². The van der Waals surface area contributed by atoms with Gasteiger partial charge in [-0.15, -0.1) is 6.58 Å². The Hall–Kier alpha value is -0.210. The first kappa shape index (κ1) is 11.3. The summed E-state index contributed by atoms with van der Waals surface area (Å²) in [5.41, 5.74) is 0. The molecule has 4 atom stereocenters. The third-order valence-corrected chi connectivity index (χ3v) is 4.25. The lowest BCUT2D eigenvalue weighted by molar-refractivity contribution is 0.0226. The van der Waals surface area contributed by atoms with E-state index in [0.29, 0.717) is 12.5 Å². The molecule has 0 N–H and O–H groups in total. The maximum absolute atomic E-state index is 5.83. The Balaban J connectivity index is 2.03. The Morgan fingerprint density at radius 1 is 1.60 bits per heavy atom. The second kappa shape index (κ2) is 5.22. The van der Waals surface area contributed by atoms with Gasteiger partial charge in [0.1, 0.15) is 18.8 Å². The van der Waals surface area contributed by atoms with Crippen LogP contribution in [0.25, 0.3) is 0 Å². The molecule has 2 aliphatic heterocycles. The summed E-state index contributed by atoms with van der Waals surface area (Å²) < 4.78 is 17.0. The van der Waals surface area contributed by atoms with Crippen LogP contribution in [0, 0.1) is 5.92 Å².